The average molecular weight is 332 g/mol. The summed E-state index contributed by atoms with van der Waals surface area (Å²) in [6.45, 7) is -0.296. The van der Waals surface area contributed by atoms with E-state index in [1.54, 1.807) is 0 Å². The number of halogens is 5. The van der Waals surface area contributed by atoms with E-state index in [1.165, 1.54) is 0 Å². The number of unbranched alkanes of at least 4 members (excludes halogenated alkanes) is 1. The summed E-state index contributed by atoms with van der Waals surface area (Å²) in [6.07, 6.45) is -5.68. The number of sulfonamides is 1. The van der Waals surface area contributed by atoms with Gasteiger partial charge in [-0.1, -0.05) is 0 Å². The number of nitrogens with two attached hydrogens (primary N) is 1. The topological polar surface area (TPSA) is 72.2 Å². The molecule has 21 heavy (non-hydrogen) atoms. The zero-order valence-corrected chi connectivity index (χ0v) is 11.5. The number of benzene rings is 1. The van der Waals surface area contributed by atoms with Gasteiger partial charge in [0.1, 0.15) is 16.5 Å². The van der Waals surface area contributed by atoms with Crippen LogP contribution in [-0.4, -0.2) is 21.1 Å². The van der Waals surface area contributed by atoms with E-state index in [9.17, 15) is 30.4 Å². The summed E-state index contributed by atoms with van der Waals surface area (Å²) in [4.78, 5) is -0.850. The fourth-order valence-corrected chi connectivity index (χ4v) is 2.65. The molecule has 0 bridgehead atoms. The SMILES string of the molecule is Nc1cc(S(=O)(=O)NCCCCC(F)(F)F)c(F)cc1F. The van der Waals surface area contributed by atoms with E-state index >= 15 is 0 Å². The van der Waals surface area contributed by atoms with Crippen LogP contribution in [-0.2, 0) is 10.0 Å². The van der Waals surface area contributed by atoms with Crippen LogP contribution in [0.1, 0.15) is 19.3 Å². The first-order valence-corrected chi connectivity index (χ1v) is 7.32. The highest BCUT2D eigenvalue weighted by molar-refractivity contribution is 7.89. The minimum atomic E-state index is -4.31. The normalized spacial score (nSPS) is 12.6. The highest BCUT2D eigenvalue weighted by atomic mass is 32.2. The van der Waals surface area contributed by atoms with Crippen LogP contribution >= 0.6 is 0 Å². The Morgan fingerprint density at radius 2 is 1.71 bits per heavy atom. The van der Waals surface area contributed by atoms with Gasteiger partial charge in [0.05, 0.1) is 5.69 Å². The molecule has 1 rings (SSSR count). The lowest BCUT2D eigenvalue weighted by Crippen LogP contribution is -2.26. The van der Waals surface area contributed by atoms with Gasteiger partial charge in [-0.3, -0.25) is 0 Å². The zero-order chi connectivity index (χ0) is 16.3. The van der Waals surface area contributed by atoms with Crippen molar-refractivity contribution in [3.8, 4) is 0 Å². The van der Waals surface area contributed by atoms with Crippen LogP contribution in [0.15, 0.2) is 17.0 Å². The van der Waals surface area contributed by atoms with Crippen molar-refractivity contribution in [3.05, 3.63) is 23.8 Å². The van der Waals surface area contributed by atoms with Crippen LogP contribution in [0, 0.1) is 11.6 Å². The molecular weight excluding hydrogens is 319 g/mol. The third-order valence-corrected chi connectivity index (χ3v) is 4.00. The summed E-state index contributed by atoms with van der Waals surface area (Å²) in [7, 11) is -4.30. The van der Waals surface area contributed by atoms with Crippen LogP contribution in [0.25, 0.3) is 0 Å². The van der Waals surface area contributed by atoms with Crippen LogP contribution in [0.2, 0.25) is 0 Å². The number of nitrogen functional groups attached to an aromatic ring is 1. The Balaban J connectivity index is 2.64. The van der Waals surface area contributed by atoms with E-state index in [0.717, 1.165) is 0 Å². The Hall–Kier alpha value is -1.42. The van der Waals surface area contributed by atoms with Gasteiger partial charge in [0.2, 0.25) is 10.0 Å². The van der Waals surface area contributed by atoms with Crippen molar-refractivity contribution in [2.24, 2.45) is 0 Å². The molecule has 1 aromatic carbocycles. The minimum Gasteiger partial charge on any atom is -0.396 e. The summed E-state index contributed by atoms with van der Waals surface area (Å²) >= 11 is 0. The molecule has 0 atom stereocenters. The molecule has 10 heteroatoms. The molecule has 0 spiro atoms. The molecule has 0 saturated heterocycles. The maximum atomic E-state index is 13.4. The van der Waals surface area contributed by atoms with E-state index < -0.39 is 44.8 Å². The van der Waals surface area contributed by atoms with Crippen LogP contribution in [0.5, 0.6) is 0 Å². The first-order valence-electron chi connectivity index (χ1n) is 5.84. The third-order valence-electron chi connectivity index (χ3n) is 2.52. The summed E-state index contributed by atoms with van der Waals surface area (Å²) in [5.74, 6) is -2.43. The van der Waals surface area contributed by atoms with Gasteiger partial charge in [0.15, 0.2) is 0 Å². The van der Waals surface area contributed by atoms with E-state index in [0.29, 0.717) is 12.1 Å². The molecule has 0 unspecified atom stereocenters. The van der Waals surface area contributed by atoms with Crippen LogP contribution in [0.3, 0.4) is 0 Å². The molecule has 0 aliphatic heterocycles. The molecule has 0 aromatic heterocycles. The third kappa shape index (κ3) is 5.46. The second kappa shape index (κ2) is 6.56. The highest BCUT2D eigenvalue weighted by Gasteiger charge is 2.26. The van der Waals surface area contributed by atoms with Gasteiger partial charge >= 0.3 is 6.18 Å². The Morgan fingerprint density at radius 1 is 1.10 bits per heavy atom. The molecule has 0 aliphatic carbocycles. The quantitative estimate of drug-likeness (QED) is 0.478. The Morgan fingerprint density at radius 3 is 2.29 bits per heavy atom. The van der Waals surface area contributed by atoms with E-state index in [4.69, 9.17) is 5.73 Å². The van der Waals surface area contributed by atoms with Gasteiger partial charge in [0, 0.05) is 19.0 Å². The number of nitrogens with one attached hydrogen (secondary N) is 1. The maximum absolute atomic E-state index is 13.4. The fourth-order valence-electron chi connectivity index (χ4n) is 1.49. The zero-order valence-electron chi connectivity index (χ0n) is 10.7. The molecule has 1 aromatic rings. The maximum Gasteiger partial charge on any atom is 0.389 e. The smallest absolute Gasteiger partial charge is 0.389 e. The Kier molecular flexibility index (Phi) is 5.51. The monoisotopic (exact) mass is 332 g/mol. The van der Waals surface area contributed by atoms with Crippen LogP contribution in [0.4, 0.5) is 27.6 Å². The van der Waals surface area contributed by atoms with Gasteiger partial charge in [0.25, 0.3) is 0 Å². The summed E-state index contributed by atoms with van der Waals surface area (Å²) in [5, 5.41) is 0. The molecule has 0 radical (unpaired) electrons. The summed E-state index contributed by atoms with van der Waals surface area (Å²) in [6, 6.07) is 0.941. The molecule has 3 N–H and O–H groups in total. The number of anilines is 1. The van der Waals surface area contributed by atoms with E-state index in [2.05, 4.69) is 0 Å². The van der Waals surface area contributed by atoms with Crippen molar-refractivity contribution in [1.82, 2.24) is 4.72 Å². The lowest BCUT2D eigenvalue weighted by molar-refractivity contribution is -0.135. The van der Waals surface area contributed by atoms with Crippen molar-refractivity contribution in [2.75, 3.05) is 12.3 Å². The van der Waals surface area contributed by atoms with E-state index in [1.807, 2.05) is 4.72 Å². The molecule has 0 heterocycles. The minimum absolute atomic E-state index is 0.0724. The van der Waals surface area contributed by atoms with Gasteiger partial charge in [-0.2, -0.15) is 13.2 Å². The molecule has 0 amide bonds. The number of hydrogen-bond donors (Lipinski definition) is 2. The summed E-state index contributed by atoms with van der Waals surface area (Å²) in [5.41, 5.74) is 4.60. The molecule has 0 saturated carbocycles. The Bertz CT molecular complexity index is 601. The predicted octanol–water partition coefficient (Wildman–Crippen LogP) is 2.56. The first kappa shape index (κ1) is 17.6. The van der Waals surface area contributed by atoms with Crippen LogP contribution < -0.4 is 10.5 Å². The Labute approximate surface area is 118 Å². The molecule has 4 nitrogen and oxygen atoms in total. The number of hydrogen-bond acceptors (Lipinski definition) is 3. The van der Waals surface area contributed by atoms with Crippen molar-refractivity contribution in [2.45, 2.75) is 30.3 Å². The largest absolute Gasteiger partial charge is 0.396 e. The molecule has 0 fully saturated rings. The molecule has 120 valence electrons. The van der Waals surface area contributed by atoms with Crippen molar-refractivity contribution < 1.29 is 30.4 Å². The van der Waals surface area contributed by atoms with Gasteiger partial charge in [-0.15, -0.1) is 0 Å². The van der Waals surface area contributed by atoms with Gasteiger partial charge in [-0.05, 0) is 18.9 Å². The lowest BCUT2D eigenvalue weighted by Gasteiger charge is -2.09. The van der Waals surface area contributed by atoms with Crippen molar-refractivity contribution in [1.29, 1.82) is 0 Å². The summed E-state index contributed by atoms with van der Waals surface area (Å²) < 4.78 is 87.3. The standard InChI is InChI=1S/C11H13F5N2O2S/c12-7-5-8(13)10(6-9(7)17)21(19,20)18-4-2-1-3-11(14,15)16/h5-6,18H,1-4,17H2. The second-order valence-electron chi connectivity index (χ2n) is 4.27. The number of rotatable bonds is 6. The van der Waals surface area contributed by atoms with Gasteiger partial charge < -0.3 is 5.73 Å². The molecule has 0 aliphatic rings. The van der Waals surface area contributed by atoms with Crippen molar-refractivity contribution >= 4 is 15.7 Å². The predicted molar refractivity (Wildman–Crippen MR) is 65.9 cm³/mol. The van der Waals surface area contributed by atoms with Crippen molar-refractivity contribution in [3.63, 3.8) is 0 Å². The second-order valence-corrected chi connectivity index (χ2v) is 6.01. The van der Waals surface area contributed by atoms with E-state index in [-0.39, 0.29) is 19.4 Å². The molecular formula is C11H13F5N2O2S. The average Bonchev–Trinajstić information content (AvgIpc) is 2.31. The lowest BCUT2D eigenvalue weighted by atomic mass is 10.2. The highest BCUT2D eigenvalue weighted by Crippen LogP contribution is 2.23. The number of alkyl halides is 3. The fraction of sp³-hybridized carbons (Fsp3) is 0.455. The van der Waals surface area contributed by atoms with Gasteiger partial charge in [-0.25, -0.2) is 21.9 Å². The first-order chi connectivity index (χ1) is 9.53.